The van der Waals surface area contributed by atoms with Gasteiger partial charge in [0.25, 0.3) is 0 Å². The fraction of sp³-hybridized carbons (Fsp3) is 0.455. The van der Waals surface area contributed by atoms with Crippen molar-refractivity contribution in [3.8, 4) is 0 Å². The van der Waals surface area contributed by atoms with Gasteiger partial charge in [-0.15, -0.1) is 11.6 Å². The zero-order valence-electron chi connectivity index (χ0n) is 9.85. The molecule has 1 aliphatic rings. The van der Waals surface area contributed by atoms with Crippen LogP contribution in [0.15, 0.2) is 23.1 Å². The van der Waals surface area contributed by atoms with Crippen LogP contribution in [0.25, 0.3) is 0 Å². The van der Waals surface area contributed by atoms with E-state index in [1.54, 1.807) is 6.07 Å². The van der Waals surface area contributed by atoms with Crippen LogP contribution < -0.4 is 0 Å². The van der Waals surface area contributed by atoms with E-state index in [-0.39, 0.29) is 35.0 Å². The normalized spacial score (nSPS) is 21.5. The maximum Gasteiger partial charge on any atom is 0.244 e. The maximum absolute atomic E-state index is 12.5. The summed E-state index contributed by atoms with van der Waals surface area (Å²) in [5.74, 6) is 0.245. The second-order valence-corrected chi connectivity index (χ2v) is 7.14. The van der Waals surface area contributed by atoms with Gasteiger partial charge in [0.15, 0.2) is 0 Å². The molecule has 2 rings (SSSR count). The summed E-state index contributed by atoms with van der Waals surface area (Å²) in [6, 6.07) is 4.37. The van der Waals surface area contributed by atoms with Gasteiger partial charge in [0.1, 0.15) is 4.90 Å². The molecule has 106 valence electrons. The van der Waals surface area contributed by atoms with Gasteiger partial charge in [0.2, 0.25) is 10.0 Å². The second-order valence-electron chi connectivity index (χ2n) is 4.08. The van der Waals surface area contributed by atoms with Gasteiger partial charge in [-0.05, 0) is 18.2 Å². The molecule has 4 nitrogen and oxygen atoms in total. The van der Waals surface area contributed by atoms with Gasteiger partial charge in [-0.1, -0.05) is 23.2 Å². The van der Waals surface area contributed by atoms with Crippen LogP contribution >= 0.6 is 34.8 Å². The van der Waals surface area contributed by atoms with Gasteiger partial charge in [0.05, 0.1) is 17.7 Å². The van der Waals surface area contributed by atoms with E-state index in [2.05, 4.69) is 0 Å². The summed E-state index contributed by atoms with van der Waals surface area (Å²) in [7, 11) is -3.68. The highest BCUT2D eigenvalue weighted by Crippen LogP contribution is 2.28. The number of benzene rings is 1. The van der Waals surface area contributed by atoms with Crippen molar-refractivity contribution in [1.82, 2.24) is 4.31 Å². The van der Waals surface area contributed by atoms with E-state index in [1.165, 1.54) is 16.4 Å². The summed E-state index contributed by atoms with van der Waals surface area (Å²) < 4.78 is 31.7. The van der Waals surface area contributed by atoms with Crippen molar-refractivity contribution in [3.05, 3.63) is 28.2 Å². The van der Waals surface area contributed by atoms with Gasteiger partial charge in [0, 0.05) is 24.0 Å². The number of nitrogens with zero attached hydrogens (tertiary/aromatic N) is 1. The van der Waals surface area contributed by atoms with Crippen LogP contribution in [0.5, 0.6) is 0 Å². The number of hydrogen-bond acceptors (Lipinski definition) is 3. The van der Waals surface area contributed by atoms with Gasteiger partial charge < -0.3 is 4.74 Å². The van der Waals surface area contributed by atoms with E-state index in [0.29, 0.717) is 11.6 Å². The van der Waals surface area contributed by atoms with Crippen LogP contribution in [0.1, 0.15) is 0 Å². The fourth-order valence-corrected chi connectivity index (χ4v) is 4.20. The van der Waals surface area contributed by atoms with Crippen LogP contribution in [0.2, 0.25) is 10.0 Å². The molecule has 0 spiro atoms. The number of halogens is 3. The lowest BCUT2D eigenvalue weighted by molar-refractivity contribution is 0.0122. The van der Waals surface area contributed by atoms with Crippen LogP contribution in [0.3, 0.4) is 0 Å². The van der Waals surface area contributed by atoms with E-state index >= 15 is 0 Å². The molecule has 1 fully saturated rings. The predicted molar refractivity (Wildman–Crippen MR) is 75.7 cm³/mol. The molecule has 1 aromatic rings. The summed E-state index contributed by atoms with van der Waals surface area (Å²) in [6.45, 7) is 0.808. The molecule has 0 aliphatic carbocycles. The van der Waals surface area contributed by atoms with E-state index < -0.39 is 10.0 Å². The quantitative estimate of drug-likeness (QED) is 0.792. The van der Waals surface area contributed by atoms with Crippen molar-refractivity contribution in [3.63, 3.8) is 0 Å². The van der Waals surface area contributed by atoms with Crippen LogP contribution in [0, 0.1) is 0 Å². The minimum atomic E-state index is -3.68. The first-order valence-corrected chi connectivity index (χ1v) is 8.31. The zero-order valence-corrected chi connectivity index (χ0v) is 12.9. The standard InChI is InChI=1S/C11H12Cl3NO3S/c12-6-9-7-15(3-4-18-9)19(16,17)11-5-8(13)1-2-10(11)14/h1-2,5,9H,3-4,6-7H2. The Labute approximate surface area is 127 Å². The Morgan fingerprint density at radius 1 is 1.37 bits per heavy atom. The third kappa shape index (κ3) is 3.35. The van der Waals surface area contributed by atoms with Crippen LogP contribution in [0.4, 0.5) is 0 Å². The summed E-state index contributed by atoms with van der Waals surface area (Å²) in [4.78, 5) is 0.0110. The Morgan fingerprint density at radius 2 is 2.11 bits per heavy atom. The summed E-state index contributed by atoms with van der Waals surface area (Å²) in [5.41, 5.74) is 0. The van der Waals surface area contributed by atoms with Crippen molar-refractivity contribution < 1.29 is 13.2 Å². The molecule has 0 bridgehead atoms. The smallest absolute Gasteiger partial charge is 0.244 e. The minimum Gasteiger partial charge on any atom is -0.374 e. The second kappa shape index (κ2) is 6.16. The van der Waals surface area contributed by atoms with Gasteiger partial charge in [-0.3, -0.25) is 0 Å². The van der Waals surface area contributed by atoms with Crippen molar-refractivity contribution in [2.75, 3.05) is 25.6 Å². The fourth-order valence-electron chi connectivity index (χ4n) is 1.82. The minimum absolute atomic E-state index is 0.0110. The summed E-state index contributed by atoms with van der Waals surface area (Å²) in [5, 5.41) is 0.475. The molecule has 0 aromatic heterocycles. The first kappa shape index (κ1) is 15.4. The third-order valence-corrected chi connectivity index (χ3v) is 5.71. The average Bonchev–Trinajstić information content (AvgIpc) is 2.41. The molecule has 8 heteroatoms. The third-order valence-electron chi connectivity index (χ3n) is 2.78. The molecule has 0 N–H and O–H groups in total. The van der Waals surface area contributed by atoms with E-state index in [0.717, 1.165) is 0 Å². The Bertz CT molecular complexity index is 564. The highest BCUT2D eigenvalue weighted by molar-refractivity contribution is 7.89. The highest BCUT2D eigenvalue weighted by atomic mass is 35.5. The number of sulfonamides is 1. The molecule has 0 radical (unpaired) electrons. The zero-order chi connectivity index (χ0) is 14.0. The first-order valence-electron chi connectivity index (χ1n) is 5.58. The molecule has 1 aromatic carbocycles. The molecule has 1 unspecified atom stereocenters. The van der Waals surface area contributed by atoms with Crippen molar-refractivity contribution in [2.45, 2.75) is 11.0 Å². The highest BCUT2D eigenvalue weighted by Gasteiger charge is 2.31. The van der Waals surface area contributed by atoms with E-state index in [1.807, 2.05) is 0 Å². The molecule has 0 saturated carbocycles. The van der Waals surface area contributed by atoms with Crippen molar-refractivity contribution in [2.24, 2.45) is 0 Å². The Balaban J connectivity index is 2.34. The summed E-state index contributed by atoms with van der Waals surface area (Å²) >= 11 is 17.5. The largest absolute Gasteiger partial charge is 0.374 e. The number of ether oxygens (including phenoxy) is 1. The number of rotatable bonds is 3. The van der Waals surface area contributed by atoms with Gasteiger partial charge >= 0.3 is 0 Å². The lowest BCUT2D eigenvalue weighted by Crippen LogP contribution is -2.46. The molecular formula is C11H12Cl3NO3S. The topological polar surface area (TPSA) is 46.6 Å². The molecule has 19 heavy (non-hydrogen) atoms. The summed E-state index contributed by atoms with van der Waals surface area (Å²) in [6.07, 6.45) is -0.303. The molecule has 1 heterocycles. The van der Waals surface area contributed by atoms with Crippen LogP contribution in [-0.4, -0.2) is 44.4 Å². The lowest BCUT2D eigenvalue weighted by Gasteiger charge is -2.31. The molecule has 1 atom stereocenters. The average molecular weight is 345 g/mol. The Hall–Kier alpha value is -0.0400. The van der Waals surface area contributed by atoms with Crippen molar-refractivity contribution in [1.29, 1.82) is 0 Å². The Kier molecular flexibility index (Phi) is 4.98. The molecule has 0 amide bonds. The van der Waals surface area contributed by atoms with Crippen LogP contribution in [-0.2, 0) is 14.8 Å². The first-order chi connectivity index (χ1) is 8.95. The SMILES string of the molecule is O=S(=O)(c1cc(Cl)ccc1Cl)N1CCOC(CCl)C1. The van der Waals surface area contributed by atoms with Gasteiger partial charge in [-0.25, -0.2) is 8.42 Å². The molecule has 1 saturated heterocycles. The molecular weight excluding hydrogens is 333 g/mol. The van der Waals surface area contributed by atoms with Crippen molar-refractivity contribution >= 4 is 44.8 Å². The number of alkyl halides is 1. The number of hydrogen-bond donors (Lipinski definition) is 0. The number of morpholine rings is 1. The van der Waals surface area contributed by atoms with E-state index in [4.69, 9.17) is 39.5 Å². The predicted octanol–water partition coefficient (Wildman–Crippen LogP) is 2.62. The lowest BCUT2D eigenvalue weighted by atomic mass is 10.3. The van der Waals surface area contributed by atoms with Gasteiger partial charge in [-0.2, -0.15) is 4.31 Å². The molecule has 1 aliphatic heterocycles. The Morgan fingerprint density at radius 3 is 2.79 bits per heavy atom. The monoisotopic (exact) mass is 343 g/mol. The van der Waals surface area contributed by atoms with E-state index in [9.17, 15) is 8.42 Å². The maximum atomic E-state index is 12.5.